The van der Waals surface area contributed by atoms with E-state index in [0.29, 0.717) is 23.0 Å². The zero-order valence-electron chi connectivity index (χ0n) is 19.4. The van der Waals surface area contributed by atoms with E-state index < -0.39 is 0 Å². The minimum absolute atomic E-state index is 0.144. The van der Waals surface area contributed by atoms with Crippen molar-refractivity contribution in [2.45, 2.75) is 32.4 Å². The third-order valence-electron chi connectivity index (χ3n) is 5.32. The van der Waals surface area contributed by atoms with E-state index in [0.717, 1.165) is 27.7 Å². The first-order valence-electron chi connectivity index (χ1n) is 11.3. The van der Waals surface area contributed by atoms with Crippen molar-refractivity contribution in [3.8, 4) is 11.5 Å². The van der Waals surface area contributed by atoms with Crippen LogP contribution in [-0.2, 0) is 17.8 Å². The highest BCUT2D eigenvalue weighted by atomic mass is 79.9. The molecule has 5 nitrogen and oxygen atoms in total. The highest BCUT2D eigenvalue weighted by Crippen LogP contribution is 2.38. The summed E-state index contributed by atoms with van der Waals surface area (Å²) in [5, 5.41) is 6.29. The second-order valence-electron chi connectivity index (χ2n) is 7.85. The maximum absolute atomic E-state index is 13.5. The van der Waals surface area contributed by atoms with Crippen molar-refractivity contribution in [1.82, 2.24) is 5.32 Å². The Morgan fingerprint density at radius 1 is 1.06 bits per heavy atom. The van der Waals surface area contributed by atoms with Crippen LogP contribution in [0.4, 0.5) is 10.1 Å². The predicted octanol–water partition coefficient (Wildman–Crippen LogP) is 6.73. The van der Waals surface area contributed by atoms with Gasteiger partial charge in [0.25, 0.3) is 5.91 Å². The molecule has 2 N–H and O–H groups in total. The van der Waals surface area contributed by atoms with E-state index in [2.05, 4.69) is 45.6 Å². The number of halogens is 2. The number of hydrogen-bond donors (Lipinski definition) is 2. The number of ether oxygens (including phenoxy) is 2. The molecular weight excluding hydrogens is 531 g/mol. The van der Waals surface area contributed by atoms with Gasteiger partial charge in [0.2, 0.25) is 0 Å². The fourth-order valence-corrected chi connectivity index (χ4v) is 4.94. The standard InChI is InChI=1S/C27H26BrFN2O3S/c1-3-17-8-10-21(11-9-17)30-27-31-26(32)25(35-27)14-19-13-23(33-4-2)24(15-22(19)28)34-16-18-6-5-7-20(29)12-18/h5-15,27,30H,3-4,16H2,1-2H3,(H,31,32)/b25-14-/t27-/m1/s1. The second-order valence-corrected chi connectivity index (χ2v) is 9.85. The minimum atomic E-state index is -0.308. The molecule has 8 heteroatoms. The Hall–Kier alpha value is -2.97. The number of nitrogens with one attached hydrogen (secondary N) is 2. The molecule has 3 aromatic carbocycles. The Morgan fingerprint density at radius 2 is 1.83 bits per heavy atom. The number of aryl methyl sites for hydroxylation is 1. The van der Waals surface area contributed by atoms with Gasteiger partial charge in [-0.1, -0.05) is 58.9 Å². The van der Waals surface area contributed by atoms with Crippen LogP contribution < -0.4 is 20.1 Å². The third-order valence-corrected chi connectivity index (χ3v) is 7.04. The molecule has 0 aromatic heterocycles. The van der Waals surface area contributed by atoms with Crippen molar-refractivity contribution in [2.24, 2.45) is 0 Å². The van der Waals surface area contributed by atoms with Crippen LogP contribution in [0.2, 0.25) is 0 Å². The van der Waals surface area contributed by atoms with Crippen LogP contribution in [0.5, 0.6) is 11.5 Å². The predicted molar refractivity (Wildman–Crippen MR) is 143 cm³/mol. The van der Waals surface area contributed by atoms with Crippen LogP contribution in [-0.4, -0.2) is 18.0 Å². The van der Waals surface area contributed by atoms with E-state index in [-0.39, 0.29) is 23.8 Å². The smallest absolute Gasteiger partial charge is 0.260 e. The number of carbonyl (C=O) groups excluding carboxylic acids is 1. The molecule has 0 spiro atoms. The lowest BCUT2D eigenvalue weighted by Gasteiger charge is -2.14. The first kappa shape index (κ1) is 25.1. The van der Waals surface area contributed by atoms with E-state index in [1.165, 1.54) is 29.5 Å². The van der Waals surface area contributed by atoms with Gasteiger partial charge in [0, 0.05) is 10.2 Å². The zero-order valence-corrected chi connectivity index (χ0v) is 21.8. The molecule has 182 valence electrons. The van der Waals surface area contributed by atoms with E-state index in [9.17, 15) is 9.18 Å². The summed E-state index contributed by atoms with van der Waals surface area (Å²) in [7, 11) is 0. The summed E-state index contributed by atoms with van der Waals surface area (Å²) in [6, 6.07) is 18.1. The van der Waals surface area contributed by atoms with Gasteiger partial charge in [0.1, 0.15) is 12.4 Å². The zero-order chi connectivity index (χ0) is 24.8. The molecule has 1 aliphatic rings. The van der Waals surface area contributed by atoms with Gasteiger partial charge >= 0.3 is 0 Å². The van der Waals surface area contributed by atoms with Crippen molar-refractivity contribution >= 4 is 45.4 Å². The number of benzene rings is 3. The normalized spacial score (nSPS) is 16.3. The highest BCUT2D eigenvalue weighted by molar-refractivity contribution is 9.10. The molecule has 1 heterocycles. The second kappa shape index (κ2) is 11.6. The Balaban J connectivity index is 1.49. The number of thioether (sulfide) groups is 1. The number of hydrogen-bond acceptors (Lipinski definition) is 5. The fraction of sp³-hybridized carbons (Fsp3) is 0.222. The van der Waals surface area contributed by atoms with Gasteiger partial charge in [-0.15, -0.1) is 0 Å². The van der Waals surface area contributed by atoms with Gasteiger partial charge in [-0.25, -0.2) is 4.39 Å². The Morgan fingerprint density at radius 3 is 2.54 bits per heavy atom. The lowest BCUT2D eigenvalue weighted by atomic mass is 10.1. The first-order chi connectivity index (χ1) is 16.9. The SMILES string of the molecule is CCOc1cc(/C=C2\S[C@H](Nc3ccc(CC)cc3)NC2=O)c(Br)cc1OCc1cccc(F)c1. The number of carbonyl (C=O) groups is 1. The van der Waals surface area contributed by atoms with E-state index in [1.807, 2.05) is 31.2 Å². The number of amides is 1. The Kier molecular flexibility index (Phi) is 8.36. The van der Waals surface area contributed by atoms with Crippen molar-refractivity contribution in [3.05, 3.63) is 92.5 Å². The molecule has 1 saturated heterocycles. The van der Waals surface area contributed by atoms with Crippen LogP contribution in [0.15, 0.2) is 70.0 Å². The maximum Gasteiger partial charge on any atom is 0.260 e. The van der Waals surface area contributed by atoms with Crippen molar-refractivity contribution in [1.29, 1.82) is 0 Å². The summed E-state index contributed by atoms with van der Waals surface area (Å²) in [5.74, 6) is 0.628. The quantitative estimate of drug-likeness (QED) is 0.286. The Labute approximate surface area is 217 Å². The molecule has 1 fully saturated rings. The van der Waals surface area contributed by atoms with Crippen LogP contribution >= 0.6 is 27.7 Å². The summed E-state index contributed by atoms with van der Waals surface area (Å²) in [6.07, 6.45) is 2.81. The van der Waals surface area contributed by atoms with E-state index in [4.69, 9.17) is 9.47 Å². The number of rotatable bonds is 9. The van der Waals surface area contributed by atoms with E-state index >= 15 is 0 Å². The number of anilines is 1. The monoisotopic (exact) mass is 556 g/mol. The van der Waals surface area contributed by atoms with Crippen LogP contribution in [0.1, 0.15) is 30.5 Å². The molecule has 1 amide bonds. The van der Waals surface area contributed by atoms with Crippen molar-refractivity contribution in [2.75, 3.05) is 11.9 Å². The topological polar surface area (TPSA) is 59.6 Å². The molecule has 0 saturated carbocycles. The fourth-order valence-electron chi connectivity index (χ4n) is 3.52. The molecule has 1 aliphatic heterocycles. The third kappa shape index (κ3) is 6.58. The molecule has 4 rings (SSSR count). The van der Waals surface area contributed by atoms with E-state index in [1.54, 1.807) is 18.2 Å². The molecule has 3 aromatic rings. The lowest BCUT2D eigenvalue weighted by Crippen LogP contribution is -2.30. The molecule has 0 bridgehead atoms. The van der Waals surface area contributed by atoms with Crippen LogP contribution in [0.25, 0.3) is 6.08 Å². The molecule has 0 aliphatic carbocycles. The molecule has 0 unspecified atom stereocenters. The minimum Gasteiger partial charge on any atom is -0.490 e. The van der Waals surface area contributed by atoms with Gasteiger partial charge < -0.3 is 20.1 Å². The van der Waals surface area contributed by atoms with Crippen molar-refractivity contribution < 1.29 is 18.7 Å². The summed E-state index contributed by atoms with van der Waals surface area (Å²) in [4.78, 5) is 13.2. The molecule has 1 atom stereocenters. The van der Waals surface area contributed by atoms with Gasteiger partial charge in [0.05, 0.1) is 11.5 Å². The van der Waals surface area contributed by atoms with Gasteiger partial charge in [-0.05, 0) is 72.5 Å². The van der Waals surface area contributed by atoms with Gasteiger partial charge in [0.15, 0.2) is 17.0 Å². The van der Waals surface area contributed by atoms with Gasteiger partial charge in [-0.2, -0.15) is 0 Å². The summed E-state index contributed by atoms with van der Waals surface area (Å²) >= 11 is 5.00. The molecular formula is C27H26BrFN2O3S. The summed E-state index contributed by atoms with van der Waals surface area (Å²) in [6.45, 7) is 4.66. The Bertz CT molecular complexity index is 1230. The summed E-state index contributed by atoms with van der Waals surface area (Å²) in [5.41, 5.74) is 3.45. The highest BCUT2D eigenvalue weighted by Gasteiger charge is 2.27. The van der Waals surface area contributed by atoms with Crippen LogP contribution in [0, 0.1) is 5.82 Å². The average molecular weight is 557 g/mol. The van der Waals surface area contributed by atoms with Crippen molar-refractivity contribution in [3.63, 3.8) is 0 Å². The largest absolute Gasteiger partial charge is 0.490 e. The first-order valence-corrected chi connectivity index (χ1v) is 13.0. The molecule has 0 radical (unpaired) electrons. The average Bonchev–Trinajstić information content (AvgIpc) is 3.19. The lowest BCUT2D eigenvalue weighted by molar-refractivity contribution is -0.116. The summed E-state index contributed by atoms with van der Waals surface area (Å²) < 4.78 is 25.9. The van der Waals surface area contributed by atoms with Crippen LogP contribution in [0.3, 0.4) is 0 Å². The maximum atomic E-state index is 13.5. The molecule has 35 heavy (non-hydrogen) atoms. The van der Waals surface area contributed by atoms with Gasteiger partial charge in [-0.3, -0.25) is 4.79 Å².